The maximum atomic E-state index is 12.5. The Balaban J connectivity index is 1.77. The molecular weight excluding hydrogens is 348 g/mol. The molecule has 1 aromatic carbocycles. The maximum Gasteiger partial charge on any atom is 0.269 e. The molecule has 27 heavy (non-hydrogen) atoms. The van der Waals surface area contributed by atoms with Crippen LogP contribution in [0.5, 0.6) is 0 Å². The van der Waals surface area contributed by atoms with E-state index in [-0.39, 0.29) is 17.2 Å². The summed E-state index contributed by atoms with van der Waals surface area (Å²) >= 11 is 0. The van der Waals surface area contributed by atoms with E-state index in [9.17, 15) is 20.2 Å². The topological polar surface area (TPSA) is 104 Å². The number of nitriles is 1. The van der Waals surface area contributed by atoms with Gasteiger partial charge < -0.3 is 14.2 Å². The Morgan fingerprint density at radius 2 is 1.85 bits per heavy atom. The van der Waals surface area contributed by atoms with Crippen LogP contribution in [0.3, 0.4) is 0 Å². The molecule has 3 rings (SSSR count). The van der Waals surface area contributed by atoms with E-state index in [0.717, 1.165) is 13.1 Å². The lowest BCUT2D eigenvalue weighted by molar-refractivity contribution is -0.384. The largest absolute Gasteiger partial charge is 0.457 e. The van der Waals surface area contributed by atoms with Crippen molar-refractivity contribution in [3.63, 3.8) is 0 Å². The molecule has 0 N–H and O–H groups in total. The standard InChI is InChI=1S/C19H18N4O4/c1-21-8-10-22(11-9-21)19(24)15(13-20)12-17-6-7-18(27-17)14-2-4-16(5-3-14)23(25)26/h2-7,12H,8-11H2,1H3. The van der Waals surface area contributed by atoms with Crippen LogP contribution in [0.1, 0.15) is 5.76 Å². The minimum absolute atomic E-state index is 0.00466. The van der Waals surface area contributed by atoms with Gasteiger partial charge >= 0.3 is 0 Å². The summed E-state index contributed by atoms with van der Waals surface area (Å²) in [6.45, 7) is 2.71. The SMILES string of the molecule is CN1CCN(C(=O)C(C#N)=Cc2ccc(-c3ccc([N+](=O)[O-])cc3)o2)CC1. The average Bonchev–Trinajstić information content (AvgIpc) is 3.15. The fraction of sp³-hybridized carbons (Fsp3) is 0.263. The molecular formula is C19H18N4O4. The zero-order valence-electron chi connectivity index (χ0n) is 14.8. The van der Waals surface area contributed by atoms with E-state index in [2.05, 4.69) is 4.90 Å². The summed E-state index contributed by atoms with van der Waals surface area (Å²) in [5, 5.41) is 20.1. The molecule has 8 heteroatoms. The summed E-state index contributed by atoms with van der Waals surface area (Å²) in [5.41, 5.74) is 0.684. The van der Waals surface area contributed by atoms with Crippen LogP contribution in [0.4, 0.5) is 5.69 Å². The quantitative estimate of drug-likeness (QED) is 0.356. The van der Waals surface area contributed by atoms with Crippen molar-refractivity contribution in [2.45, 2.75) is 0 Å². The first-order valence-electron chi connectivity index (χ1n) is 8.42. The van der Waals surface area contributed by atoms with Crippen LogP contribution in [0.15, 0.2) is 46.4 Å². The van der Waals surface area contributed by atoms with Gasteiger partial charge in [0.25, 0.3) is 11.6 Å². The van der Waals surface area contributed by atoms with Crippen LogP contribution in [0.25, 0.3) is 17.4 Å². The maximum absolute atomic E-state index is 12.5. The first-order chi connectivity index (χ1) is 13.0. The molecule has 8 nitrogen and oxygen atoms in total. The van der Waals surface area contributed by atoms with Gasteiger partial charge in [-0.25, -0.2) is 0 Å². The van der Waals surface area contributed by atoms with E-state index >= 15 is 0 Å². The van der Waals surface area contributed by atoms with Crippen molar-refractivity contribution in [3.8, 4) is 17.4 Å². The van der Waals surface area contributed by atoms with Gasteiger partial charge in [0, 0.05) is 50.0 Å². The minimum Gasteiger partial charge on any atom is -0.457 e. The van der Waals surface area contributed by atoms with Crippen molar-refractivity contribution in [1.82, 2.24) is 9.80 Å². The lowest BCUT2D eigenvalue weighted by Crippen LogP contribution is -2.47. The summed E-state index contributed by atoms with van der Waals surface area (Å²) in [6, 6.07) is 11.3. The summed E-state index contributed by atoms with van der Waals surface area (Å²) in [5.74, 6) is 0.571. The Bertz CT molecular complexity index is 916. The van der Waals surface area contributed by atoms with Crippen molar-refractivity contribution >= 4 is 17.7 Å². The van der Waals surface area contributed by atoms with Gasteiger partial charge in [-0.3, -0.25) is 14.9 Å². The number of nitro benzene ring substituents is 1. The van der Waals surface area contributed by atoms with Crippen LogP contribution in [0, 0.1) is 21.4 Å². The number of hydrogen-bond acceptors (Lipinski definition) is 6. The Morgan fingerprint density at radius 1 is 1.19 bits per heavy atom. The Labute approximate surface area is 156 Å². The first kappa shape index (κ1) is 18.4. The Morgan fingerprint density at radius 3 is 2.44 bits per heavy atom. The van der Waals surface area contributed by atoms with Crippen molar-refractivity contribution < 1.29 is 14.1 Å². The van der Waals surface area contributed by atoms with Crippen molar-refractivity contribution in [2.75, 3.05) is 33.2 Å². The fourth-order valence-electron chi connectivity index (χ4n) is 2.80. The highest BCUT2D eigenvalue weighted by Gasteiger charge is 2.22. The zero-order valence-corrected chi connectivity index (χ0v) is 14.8. The van der Waals surface area contributed by atoms with Gasteiger partial charge in [-0.1, -0.05) is 0 Å². The summed E-state index contributed by atoms with van der Waals surface area (Å²) in [4.78, 5) is 26.6. The van der Waals surface area contributed by atoms with E-state index in [1.807, 2.05) is 13.1 Å². The van der Waals surface area contributed by atoms with Crippen LogP contribution >= 0.6 is 0 Å². The molecule has 0 aliphatic carbocycles. The number of carbonyl (C=O) groups is 1. The van der Waals surface area contributed by atoms with Crippen LogP contribution in [0.2, 0.25) is 0 Å². The number of likely N-dealkylation sites (N-methyl/N-ethyl adjacent to an activating group) is 1. The van der Waals surface area contributed by atoms with Gasteiger partial charge in [0.15, 0.2) is 0 Å². The van der Waals surface area contributed by atoms with Gasteiger partial charge in [0.1, 0.15) is 23.2 Å². The van der Waals surface area contributed by atoms with Crippen molar-refractivity contribution in [1.29, 1.82) is 5.26 Å². The second-order valence-electron chi connectivity index (χ2n) is 6.27. The number of nitrogens with zero attached hydrogens (tertiary/aromatic N) is 4. The van der Waals surface area contributed by atoms with E-state index in [1.165, 1.54) is 18.2 Å². The third-order valence-corrected chi connectivity index (χ3v) is 4.42. The number of benzene rings is 1. The minimum atomic E-state index is -0.469. The van der Waals surface area contributed by atoms with E-state index in [4.69, 9.17) is 4.42 Å². The fourth-order valence-corrected chi connectivity index (χ4v) is 2.80. The van der Waals surface area contributed by atoms with Gasteiger partial charge in [-0.2, -0.15) is 5.26 Å². The molecule has 138 valence electrons. The average molecular weight is 366 g/mol. The van der Waals surface area contributed by atoms with Gasteiger partial charge in [0.05, 0.1) is 4.92 Å². The molecule has 0 radical (unpaired) electrons. The number of piperazine rings is 1. The summed E-state index contributed by atoms with van der Waals surface area (Å²) < 4.78 is 5.68. The van der Waals surface area contributed by atoms with Crippen LogP contribution in [-0.2, 0) is 4.79 Å². The first-order valence-corrected chi connectivity index (χ1v) is 8.42. The molecule has 1 amide bonds. The smallest absolute Gasteiger partial charge is 0.269 e. The van der Waals surface area contributed by atoms with Gasteiger partial charge in [-0.15, -0.1) is 0 Å². The third-order valence-electron chi connectivity index (χ3n) is 4.42. The number of furan rings is 1. The van der Waals surface area contributed by atoms with E-state index in [0.29, 0.717) is 30.2 Å². The molecule has 0 spiro atoms. The third kappa shape index (κ3) is 4.22. The highest BCUT2D eigenvalue weighted by Crippen LogP contribution is 2.25. The van der Waals surface area contributed by atoms with E-state index in [1.54, 1.807) is 29.2 Å². The highest BCUT2D eigenvalue weighted by atomic mass is 16.6. The predicted molar refractivity (Wildman–Crippen MR) is 98.5 cm³/mol. The number of nitro groups is 1. The molecule has 0 saturated carbocycles. The Kier molecular flexibility index (Phi) is 5.33. The molecule has 0 unspecified atom stereocenters. The Hall–Kier alpha value is -3.44. The number of hydrogen-bond donors (Lipinski definition) is 0. The van der Waals surface area contributed by atoms with Crippen LogP contribution < -0.4 is 0 Å². The van der Waals surface area contributed by atoms with Crippen molar-refractivity contribution in [3.05, 3.63) is 57.8 Å². The molecule has 2 heterocycles. The number of carbonyl (C=O) groups excluding carboxylic acids is 1. The van der Waals surface area contributed by atoms with E-state index < -0.39 is 4.92 Å². The lowest BCUT2D eigenvalue weighted by Gasteiger charge is -2.32. The predicted octanol–water partition coefficient (Wildman–Crippen LogP) is 2.54. The zero-order chi connectivity index (χ0) is 19.4. The second kappa shape index (κ2) is 7.85. The molecule has 0 atom stereocenters. The molecule has 0 bridgehead atoms. The second-order valence-corrected chi connectivity index (χ2v) is 6.27. The number of amides is 1. The normalized spacial score (nSPS) is 15.4. The lowest BCUT2D eigenvalue weighted by atomic mass is 10.1. The number of rotatable bonds is 4. The summed E-state index contributed by atoms with van der Waals surface area (Å²) in [7, 11) is 1.99. The number of non-ortho nitro benzene ring substituents is 1. The summed E-state index contributed by atoms with van der Waals surface area (Å²) in [6.07, 6.45) is 1.43. The molecule has 1 saturated heterocycles. The van der Waals surface area contributed by atoms with Crippen LogP contribution in [-0.4, -0.2) is 53.9 Å². The van der Waals surface area contributed by atoms with Crippen molar-refractivity contribution in [2.24, 2.45) is 0 Å². The molecule has 1 aromatic heterocycles. The molecule has 1 fully saturated rings. The highest BCUT2D eigenvalue weighted by molar-refractivity contribution is 6.01. The van der Waals surface area contributed by atoms with Gasteiger partial charge in [-0.05, 0) is 31.3 Å². The molecule has 1 aliphatic heterocycles. The monoisotopic (exact) mass is 366 g/mol. The molecule has 2 aromatic rings. The molecule has 1 aliphatic rings. The van der Waals surface area contributed by atoms with Gasteiger partial charge in [0.2, 0.25) is 0 Å².